The minimum Gasteiger partial charge on any atom is -0.309 e. The first-order valence-corrected chi connectivity index (χ1v) is 20.0. The van der Waals surface area contributed by atoms with Gasteiger partial charge in [-0.2, -0.15) is 0 Å². The summed E-state index contributed by atoms with van der Waals surface area (Å²) in [5.74, 6) is 1.94. The molecule has 272 valence electrons. The molecule has 0 spiro atoms. The number of aromatic nitrogens is 4. The van der Waals surface area contributed by atoms with Crippen LogP contribution >= 0.6 is 0 Å². The summed E-state index contributed by atoms with van der Waals surface area (Å²) in [7, 11) is 0. The van der Waals surface area contributed by atoms with Gasteiger partial charge in [0, 0.05) is 44.1 Å². The Labute approximate surface area is 335 Å². The lowest BCUT2D eigenvalue weighted by atomic mass is 9.68. The SMILES string of the molecule is CC1(C)c2ccccc2-c2c3c1cccc3cc1c2c2ccccc2n1-c1ccc(-c2nc(-c3cccc4ccccc34)nc(-c3cccc4ccccc34)n2)cc1. The van der Waals surface area contributed by atoms with Gasteiger partial charge in [-0.1, -0.05) is 159 Å². The number of rotatable bonds is 4. The largest absolute Gasteiger partial charge is 0.309 e. The Hall–Kier alpha value is -7.43. The monoisotopic (exact) mass is 740 g/mol. The topological polar surface area (TPSA) is 43.6 Å². The molecule has 0 saturated carbocycles. The van der Waals surface area contributed by atoms with Gasteiger partial charge in [0.15, 0.2) is 17.5 Å². The fourth-order valence-corrected chi connectivity index (χ4v) is 9.71. The van der Waals surface area contributed by atoms with Crippen molar-refractivity contribution in [1.29, 1.82) is 0 Å². The summed E-state index contributed by atoms with van der Waals surface area (Å²) < 4.78 is 2.43. The Morgan fingerprint density at radius 3 is 1.62 bits per heavy atom. The van der Waals surface area contributed by atoms with E-state index in [4.69, 9.17) is 15.0 Å². The van der Waals surface area contributed by atoms with Gasteiger partial charge in [-0.05, 0) is 85.4 Å². The average Bonchev–Trinajstić information content (AvgIpc) is 3.61. The lowest BCUT2D eigenvalue weighted by Gasteiger charge is -2.35. The molecule has 4 nitrogen and oxygen atoms in total. The van der Waals surface area contributed by atoms with Crippen molar-refractivity contribution in [3.05, 3.63) is 193 Å². The fourth-order valence-electron chi connectivity index (χ4n) is 9.71. The summed E-state index contributed by atoms with van der Waals surface area (Å²) in [6.45, 7) is 4.72. The summed E-state index contributed by atoms with van der Waals surface area (Å²) in [6.07, 6.45) is 0. The Morgan fingerprint density at radius 2 is 0.914 bits per heavy atom. The normalized spacial score (nSPS) is 13.1. The molecule has 4 heteroatoms. The molecule has 12 rings (SSSR count). The highest BCUT2D eigenvalue weighted by Crippen LogP contribution is 2.53. The third-order valence-electron chi connectivity index (χ3n) is 12.4. The molecule has 0 fully saturated rings. The average molecular weight is 741 g/mol. The zero-order chi connectivity index (χ0) is 38.5. The van der Waals surface area contributed by atoms with Gasteiger partial charge < -0.3 is 4.57 Å². The minimum absolute atomic E-state index is 0.110. The molecular formula is C54H36N4. The van der Waals surface area contributed by atoms with Crippen molar-refractivity contribution in [2.75, 3.05) is 0 Å². The van der Waals surface area contributed by atoms with Crippen LogP contribution in [0, 0.1) is 0 Å². The quantitative estimate of drug-likeness (QED) is 0.180. The maximum atomic E-state index is 5.20. The molecule has 2 heterocycles. The Bertz CT molecular complexity index is 3370. The summed E-state index contributed by atoms with van der Waals surface area (Å²) >= 11 is 0. The molecule has 1 aliphatic rings. The van der Waals surface area contributed by atoms with Gasteiger partial charge in [0.2, 0.25) is 0 Å². The molecule has 0 saturated heterocycles. The van der Waals surface area contributed by atoms with E-state index in [1.165, 1.54) is 54.8 Å². The highest BCUT2D eigenvalue weighted by Gasteiger charge is 2.35. The van der Waals surface area contributed by atoms with E-state index in [1.807, 2.05) is 0 Å². The first-order chi connectivity index (χ1) is 28.5. The zero-order valence-electron chi connectivity index (χ0n) is 32.1. The Balaban J connectivity index is 1.07. The molecule has 0 unspecified atom stereocenters. The third-order valence-corrected chi connectivity index (χ3v) is 12.4. The van der Waals surface area contributed by atoms with Crippen LogP contribution in [-0.2, 0) is 5.41 Å². The van der Waals surface area contributed by atoms with Gasteiger partial charge >= 0.3 is 0 Å². The molecule has 2 aromatic heterocycles. The van der Waals surface area contributed by atoms with Crippen molar-refractivity contribution in [1.82, 2.24) is 19.5 Å². The molecule has 1 aliphatic carbocycles. The van der Waals surface area contributed by atoms with Crippen LogP contribution in [0.25, 0.3) is 105 Å². The van der Waals surface area contributed by atoms with Crippen molar-refractivity contribution in [2.45, 2.75) is 19.3 Å². The number of hydrogen-bond donors (Lipinski definition) is 0. The van der Waals surface area contributed by atoms with E-state index in [2.05, 4.69) is 200 Å². The number of fused-ring (bicyclic) bond motifs is 8. The second-order valence-electron chi connectivity index (χ2n) is 16.0. The predicted molar refractivity (Wildman–Crippen MR) is 241 cm³/mol. The Morgan fingerprint density at radius 1 is 0.397 bits per heavy atom. The summed E-state index contributed by atoms with van der Waals surface area (Å²) in [4.78, 5) is 15.6. The maximum Gasteiger partial charge on any atom is 0.164 e. The molecular weight excluding hydrogens is 705 g/mol. The lowest BCUT2D eigenvalue weighted by molar-refractivity contribution is 0.645. The zero-order valence-corrected chi connectivity index (χ0v) is 32.1. The van der Waals surface area contributed by atoms with Gasteiger partial charge in [-0.15, -0.1) is 0 Å². The molecule has 0 atom stereocenters. The maximum absolute atomic E-state index is 5.20. The highest BCUT2D eigenvalue weighted by molar-refractivity contribution is 6.24. The number of hydrogen-bond acceptors (Lipinski definition) is 3. The molecule has 0 amide bonds. The molecule has 0 N–H and O–H groups in total. The molecule has 58 heavy (non-hydrogen) atoms. The third kappa shape index (κ3) is 4.72. The molecule has 0 radical (unpaired) electrons. The van der Waals surface area contributed by atoms with Crippen molar-refractivity contribution in [2.24, 2.45) is 0 Å². The minimum atomic E-state index is -0.110. The number of nitrogens with zero attached hydrogens (tertiary/aromatic N) is 4. The Kier molecular flexibility index (Phi) is 6.94. The molecule has 0 bridgehead atoms. The van der Waals surface area contributed by atoms with Crippen molar-refractivity contribution in [3.8, 4) is 51.0 Å². The number of para-hydroxylation sites is 1. The van der Waals surface area contributed by atoms with Gasteiger partial charge in [-0.3, -0.25) is 0 Å². The van der Waals surface area contributed by atoms with Crippen LogP contribution < -0.4 is 0 Å². The van der Waals surface area contributed by atoms with Crippen molar-refractivity contribution < 1.29 is 0 Å². The highest BCUT2D eigenvalue weighted by atomic mass is 15.0. The van der Waals surface area contributed by atoms with E-state index in [1.54, 1.807) is 0 Å². The summed E-state index contributed by atoms with van der Waals surface area (Å²) in [6, 6.07) is 65.3. The fraction of sp³-hybridized carbons (Fsp3) is 0.0556. The predicted octanol–water partition coefficient (Wildman–Crippen LogP) is 13.7. The van der Waals surface area contributed by atoms with Crippen LogP contribution in [0.3, 0.4) is 0 Å². The van der Waals surface area contributed by atoms with Gasteiger partial charge in [0.1, 0.15) is 0 Å². The van der Waals surface area contributed by atoms with Crippen molar-refractivity contribution >= 4 is 54.1 Å². The molecule has 0 aliphatic heterocycles. The van der Waals surface area contributed by atoms with Gasteiger partial charge in [0.05, 0.1) is 11.0 Å². The second kappa shape index (κ2) is 12.3. The van der Waals surface area contributed by atoms with Crippen molar-refractivity contribution in [3.63, 3.8) is 0 Å². The summed E-state index contributed by atoms with van der Waals surface area (Å²) in [5.41, 5.74) is 11.6. The van der Waals surface area contributed by atoms with E-state index < -0.39 is 0 Å². The standard InChI is InChI=1S/C54H36N4/c1-54(2)44-25-9-7-21-42(44)50-48-36(18-13-26-45(48)54)32-47-49(50)43-22-8-10-27-46(43)58(47)37-30-28-35(29-31-37)51-55-52(40-23-11-16-33-14-3-5-19-38(33)40)57-53(56-51)41-24-12-17-34-15-4-6-20-39(34)41/h3-32H,1-2H3. The molecule has 11 aromatic rings. The lowest BCUT2D eigenvalue weighted by Crippen LogP contribution is -2.23. The van der Waals surface area contributed by atoms with E-state index in [9.17, 15) is 0 Å². The van der Waals surface area contributed by atoms with Crippen LogP contribution in [-0.4, -0.2) is 19.5 Å². The first-order valence-electron chi connectivity index (χ1n) is 20.0. The van der Waals surface area contributed by atoms with Crippen LogP contribution in [0.15, 0.2) is 182 Å². The van der Waals surface area contributed by atoms with E-state index in [0.29, 0.717) is 17.5 Å². The molecule has 9 aromatic carbocycles. The van der Waals surface area contributed by atoms with Crippen LogP contribution in [0.2, 0.25) is 0 Å². The van der Waals surface area contributed by atoms with E-state index in [-0.39, 0.29) is 5.41 Å². The van der Waals surface area contributed by atoms with E-state index >= 15 is 0 Å². The second-order valence-corrected chi connectivity index (χ2v) is 16.0. The van der Waals surface area contributed by atoms with Gasteiger partial charge in [-0.25, -0.2) is 15.0 Å². The first kappa shape index (κ1) is 32.8. The van der Waals surface area contributed by atoms with Gasteiger partial charge in [0.25, 0.3) is 0 Å². The number of benzene rings is 9. The van der Waals surface area contributed by atoms with E-state index in [0.717, 1.165) is 43.9 Å². The van der Waals surface area contributed by atoms with Crippen LogP contribution in [0.1, 0.15) is 25.0 Å². The smallest absolute Gasteiger partial charge is 0.164 e. The summed E-state index contributed by atoms with van der Waals surface area (Å²) in [5, 5.41) is 9.67. The van der Waals surface area contributed by atoms with Crippen LogP contribution in [0.4, 0.5) is 0 Å². The van der Waals surface area contributed by atoms with Crippen LogP contribution in [0.5, 0.6) is 0 Å².